The molecule has 35 heavy (non-hydrogen) atoms. The first-order valence-electron chi connectivity index (χ1n) is 11.4. The number of piperidine rings is 1. The van der Waals surface area contributed by atoms with Crippen molar-refractivity contribution < 1.29 is 13.2 Å². The molecular weight excluding hydrogens is 455 g/mol. The van der Waals surface area contributed by atoms with Crippen molar-refractivity contribution in [3.63, 3.8) is 0 Å². The van der Waals surface area contributed by atoms with Gasteiger partial charge in [0.15, 0.2) is 0 Å². The largest absolute Gasteiger partial charge is 0.417 e. The predicted octanol–water partition coefficient (Wildman–Crippen LogP) is 5.56. The van der Waals surface area contributed by atoms with Crippen LogP contribution in [0.4, 0.5) is 24.7 Å². The monoisotopic (exact) mass is 479 g/mol. The number of alkyl halides is 3. The first kappa shape index (κ1) is 23.0. The molecule has 0 unspecified atom stereocenters. The molecule has 1 fully saturated rings. The van der Waals surface area contributed by atoms with Crippen LogP contribution < -0.4 is 10.9 Å². The fourth-order valence-corrected chi connectivity index (χ4v) is 4.50. The Hall–Kier alpha value is -3.72. The average Bonchev–Trinajstić information content (AvgIpc) is 2.84. The van der Waals surface area contributed by atoms with Gasteiger partial charge < -0.3 is 15.2 Å². The van der Waals surface area contributed by atoms with E-state index in [1.807, 2.05) is 12.1 Å². The van der Waals surface area contributed by atoms with E-state index in [1.165, 1.54) is 18.0 Å². The van der Waals surface area contributed by atoms with Gasteiger partial charge in [0.05, 0.1) is 16.6 Å². The number of nitrogens with one attached hydrogen (secondary N) is 2. The van der Waals surface area contributed by atoms with Gasteiger partial charge in [-0.2, -0.15) is 13.2 Å². The molecule has 9 heteroatoms. The third-order valence-corrected chi connectivity index (χ3v) is 6.48. The Kier molecular flexibility index (Phi) is 6.02. The second kappa shape index (κ2) is 9.14. The van der Waals surface area contributed by atoms with Crippen molar-refractivity contribution in [3.05, 3.63) is 82.5 Å². The lowest BCUT2D eigenvalue weighted by Crippen LogP contribution is -2.29. The molecule has 0 aliphatic carbocycles. The molecule has 0 saturated carbocycles. The minimum absolute atomic E-state index is 0.211. The van der Waals surface area contributed by atoms with E-state index >= 15 is 0 Å². The normalized spacial score (nSPS) is 15.4. The van der Waals surface area contributed by atoms with Crippen LogP contribution in [0.3, 0.4) is 0 Å². The number of benzene rings is 1. The highest BCUT2D eigenvalue weighted by Gasteiger charge is 2.31. The summed E-state index contributed by atoms with van der Waals surface area (Å²) in [7, 11) is 2.13. The van der Waals surface area contributed by atoms with E-state index in [4.69, 9.17) is 0 Å². The highest BCUT2D eigenvalue weighted by Crippen LogP contribution is 2.33. The van der Waals surface area contributed by atoms with E-state index in [1.54, 1.807) is 12.1 Å². The lowest BCUT2D eigenvalue weighted by molar-refractivity contribution is -0.137. The van der Waals surface area contributed by atoms with Crippen molar-refractivity contribution in [2.24, 2.45) is 0 Å². The topological polar surface area (TPSA) is 73.9 Å². The Labute approximate surface area is 199 Å². The highest BCUT2D eigenvalue weighted by atomic mass is 19.4. The van der Waals surface area contributed by atoms with Gasteiger partial charge in [0, 0.05) is 29.8 Å². The van der Waals surface area contributed by atoms with E-state index in [9.17, 15) is 18.0 Å². The molecule has 1 saturated heterocycles. The van der Waals surface area contributed by atoms with Gasteiger partial charge in [0.1, 0.15) is 5.82 Å². The Morgan fingerprint density at radius 3 is 2.51 bits per heavy atom. The van der Waals surface area contributed by atoms with Crippen LogP contribution in [-0.4, -0.2) is 40.0 Å². The van der Waals surface area contributed by atoms with Crippen molar-refractivity contribution in [1.29, 1.82) is 0 Å². The summed E-state index contributed by atoms with van der Waals surface area (Å²) in [6, 6.07) is 12.3. The standard InChI is InChI=1S/C26H24F3N5O/c1-34-10-7-17(8-11-34)16-2-4-21(5-3-16)32-24-23-18(6-9-31-25(23)35)13-22(33-24)19-12-20(15-30-14-19)26(27,28)29/h2-6,9,12-15,17H,7-8,10-11H2,1H3,(H,31,35)(H,32,33). The number of hydrogen-bond donors (Lipinski definition) is 2. The van der Waals surface area contributed by atoms with Gasteiger partial charge in [-0.05, 0) is 80.2 Å². The molecule has 5 rings (SSSR count). The van der Waals surface area contributed by atoms with Crippen molar-refractivity contribution in [2.75, 3.05) is 25.5 Å². The summed E-state index contributed by atoms with van der Waals surface area (Å²) in [4.78, 5) is 25.9. The molecule has 180 valence electrons. The smallest absolute Gasteiger partial charge is 0.340 e. The minimum atomic E-state index is -4.52. The molecule has 0 bridgehead atoms. The van der Waals surface area contributed by atoms with Crippen LogP contribution in [0.5, 0.6) is 0 Å². The molecule has 4 heterocycles. The number of aromatic amines is 1. The number of anilines is 2. The third-order valence-electron chi connectivity index (χ3n) is 6.48. The summed E-state index contributed by atoms with van der Waals surface area (Å²) in [5.41, 5.74) is 1.30. The SMILES string of the molecule is CN1CCC(c2ccc(Nc3nc(-c4cncc(C(F)(F)F)c4)cc4cc[nH]c(=O)c34)cc2)CC1. The van der Waals surface area contributed by atoms with E-state index < -0.39 is 11.7 Å². The fourth-order valence-electron chi connectivity index (χ4n) is 4.50. The number of hydrogen-bond acceptors (Lipinski definition) is 5. The lowest BCUT2D eigenvalue weighted by atomic mass is 9.89. The highest BCUT2D eigenvalue weighted by molar-refractivity contribution is 5.95. The number of rotatable bonds is 4. The molecule has 1 aliphatic rings. The number of halogens is 3. The van der Waals surface area contributed by atoms with E-state index in [0.717, 1.165) is 43.9 Å². The molecule has 1 aliphatic heterocycles. The lowest BCUT2D eigenvalue weighted by Gasteiger charge is -2.29. The van der Waals surface area contributed by atoms with Gasteiger partial charge >= 0.3 is 6.18 Å². The summed E-state index contributed by atoms with van der Waals surface area (Å²) in [6.45, 7) is 2.14. The third kappa shape index (κ3) is 4.90. The second-order valence-electron chi connectivity index (χ2n) is 8.91. The maximum absolute atomic E-state index is 13.2. The number of H-pyrrole nitrogens is 1. The van der Waals surface area contributed by atoms with Gasteiger partial charge in [-0.15, -0.1) is 0 Å². The van der Waals surface area contributed by atoms with Crippen LogP contribution in [0.2, 0.25) is 0 Å². The van der Waals surface area contributed by atoms with E-state index in [2.05, 4.69) is 44.3 Å². The van der Waals surface area contributed by atoms with Crippen LogP contribution in [0.25, 0.3) is 22.0 Å². The van der Waals surface area contributed by atoms with Crippen LogP contribution in [0, 0.1) is 0 Å². The zero-order valence-corrected chi connectivity index (χ0v) is 19.1. The summed E-state index contributed by atoms with van der Waals surface area (Å²) < 4.78 is 39.7. The summed E-state index contributed by atoms with van der Waals surface area (Å²) in [5.74, 6) is 0.780. The van der Waals surface area contributed by atoms with Gasteiger partial charge in [0.25, 0.3) is 5.56 Å². The maximum Gasteiger partial charge on any atom is 0.417 e. The van der Waals surface area contributed by atoms with Crippen molar-refractivity contribution in [3.8, 4) is 11.3 Å². The Bertz CT molecular complexity index is 1410. The second-order valence-corrected chi connectivity index (χ2v) is 8.91. The zero-order valence-electron chi connectivity index (χ0n) is 19.1. The molecule has 0 spiro atoms. The Balaban J connectivity index is 1.51. The molecule has 1 aromatic carbocycles. The summed E-state index contributed by atoms with van der Waals surface area (Å²) in [6.07, 6.45) is 1.31. The average molecular weight is 480 g/mol. The van der Waals surface area contributed by atoms with Crippen molar-refractivity contribution >= 4 is 22.3 Å². The zero-order chi connectivity index (χ0) is 24.6. The van der Waals surface area contributed by atoms with E-state index in [0.29, 0.717) is 16.7 Å². The number of aromatic nitrogens is 3. The molecule has 3 aromatic heterocycles. The summed E-state index contributed by atoms with van der Waals surface area (Å²) in [5, 5.41) is 4.08. The Morgan fingerprint density at radius 1 is 1.06 bits per heavy atom. The molecule has 4 aromatic rings. The maximum atomic E-state index is 13.2. The number of pyridine rings is 3. The molecule has 0 radical (unpaired) electrons. The summed E-state index contributed by atoms with van der Waals surface area (Å²) >= 11 is 0. The van der Waals surface area contributed by atoms with Crippen LogP contribution >= 0.6 is 0 Å². The van der Waals surface area contributed by atoms with Crippen molar-refractivity contribution in [1.82, 2.24) is 19.9 Å². The number of fused-ring (bicyclic) bond motifs is 1. The van der Waals surface area contributed by atoms with Gasteiger partial charge in [-0.25, -0.2) is 4.98 Å². The molecule has 2 N–H and O–H groups in total. The minimum Gasteiger partial charge on any atom is -0.340 e. The number of likely N-dealkylation sites (tertiary alicyclic amines) is 1. The fraction of sp³-hybridized carbons (Fsp3) is 0.269. The Morgan fingerprint density at radius 2 is 1.80 bits per heavy atom. The molecule has 0 amide bonds. The molecule has 6 nitrogen and oxygen atoms in total. The molecular formula is C26H24F3N5O. The van der Waals surface area contributed by atoms with Crippen LogP contribution in [0.15, 0.2) is 65.8 Å². The first-order valence-corrected chi connectivity index (χ1v) is 11.4. The first-order chi connectivity index (χ1) is 16.8. The predicted molar refractivity (Wildman–Crippen MR) is 130 cm³/mol. The van der Waals surface area contributed by atoms with Gasteiger partial charge in [-0.1, -0.05) is 12.1 Å². The number of nitrogens with zero attached hydrogens (tertiary/aromatic N) is 3. The van der Waals surface area contributed by atoms with Crippen molar-refractivity contribution in [2.45, 2.75) is 24.9 Å². The molecule has 0 atom stereocenters. The van der Waals surface area contributed by atoms with Crippen LogP contribution in [0.1, 0.15) is 29.9 Å². The van der Waals surface area contributed by atoms with Crippen LogP contribution in [-0.2, 0) is 6.18 Å². The van der Waals surface area contributed by atoms with Gasteiger partial charge in [0.2, 0.25) is 0 Å². The quantitative estimate of drug-likeness (QED) is 0.401. The van der Waals surface area contributed by atoms with E-state index in [-0.39, 0.29) is 22.6 Å². The van der Waals surface area contributed by atoms with Gasteiger partial charge in [-0.3, -0.25) is 9.78 Å².